The fraction of sp³-hybridized carbons (Fsp3) is 0.353. The molecule has 1 N–H and O–H groups in total. The molecule has 1 aromatic heterocycles. The van der Waals surface area contributed by atoms with E-state index in [0.29, 0.717) is 0 Å². The number of amides is 1. The molecule has 3 rings (SSSR count). The van der Waals surface area contributed by atoms with E-state index < -0.39 is 0 Å². The highest BCUT2D eigenvalue weighted by atomic mass is 32.1. The third-order valence-electron chi connectivity index (χ3n) is 3.93. The van der Waals surface area contributed by atoms with Crippen molar-refractivity contribution in [2.75, 3.05) is 0 Å². The first-order valence-corrected chi connectivity index (χ1v) is 8.08. The number of fused-ring (bicyclic) bond motifs is 1. The molecule has 1 aliphatic rings. The number of hydrogen-bond acceptors (Lipinski definition) is 2. The van der Waals surface area contributed by atoms with Gasteiger partial charge < -0.3 is 5.32 Å². The van der Waals surface area contributed by atoms with E-state index in [1.54, 1.807) is 11.3 Å². The molecule has 2 aromatic rings. The molecule has 20 heavy (non-hydrogen) atoms. The van der Waals surface area contributed by atoms with Gasteiger partial charge in [0.05, 0.1) is 6.04 Å². The number of aryl methyl sites for hydroxylation is 2. The van der Waals surface area contributed by atoms with Crippen molar-refractivity contribution in [3.05, 3.63) is 57.3 Å². The van der Waals surface area contributed by atoms with Crippen LogP contribution in [0.5, 0.6) is 0 Å². The highest BCUT2D eigenvalue weighted by Gasteiger charge is 2.15. The van der Waals surface area contributed by atoms with E-state index in [1.807, 2.05) is 24.4 Å². The third-order valence-corrected chi connectivity index (χ3v) is 4.98. The molecule has 0 fully saturated rings. The summed E-state index contributed by atoms with van der Waals surface area (Å²) >= 11 is 1.68. The molecule has 1 aromatic carbocycles. The first kappa shape index (κ1) is 13.4. The van der Waals surface area contributed by atoms with E-state index in [2.05, 4.69) is 23.5 Å². The first-order valence-electron chi connectivity index (χ1n) is 7.20. The van der Waals surface area contributed by atoms with E-state index in [4.69, 9.17) is 0 Å². The average molecular weight is 285 g/mol. The molecule has 0 spiro atoms. The summed E-state index contributed by atoms with van der Waals surface area (Å²) in [6.45, 7) is 2.03. The molecule has 0 saturated heterocycles. The number of benzene rings is 1. The Morgan fingerprint density at radius 2 is 2.00 bits per heavy atom. The van der Waals surface area contributed by atoms with E-state index >= 15 is 0 Å². The van der Waals surface area contributed by atoms with Crippen LogP contribution in [0, 0.1) is 0 Å². The fourth-order valence-corrected chi connectivity index (χ4v) is 3.50. The van der Waals surface area contributed by atoms with Gasteiger partial charge in [-0.05, 0) is 67.3 Å². The van der Waals surface area contributed by atoms with E-state index in [1.165, 1.54) is 28.8 Å². The molecule has 104 valence electrons. The van der Waals surface area contributed by atoms with Crippen LogP contribution < -0.4 is 5.32 Å². The van der Waals surface area contributed by atoms with Crippen molar-refractivity contribution in [2.45, 2.75) is 38.6 Å². The van der Waals surface area contributed by atoms with E-state index in [0.717, 1.165) is 18.4 Å². The van der Waals surface area contributed by atoms with Gasteiger partial charge >= 0.3 is 0 Å². The van der Waals surface area contributed by atoms with E-state index in [9.17, 15) is 4.79 Å². The van der Waals surface area contributed by atoms with Crippen LogP contribution in [0.15, 0.2) is 35.7 Å². The number of nitrogens with one attached hydrogen (secondary N) is 1. The van der Waals surface area contributed by atoms with Crippen molar-refractivity contribution in [3.63, 3.8) is 0 Å². The number of thiophene rings is 1. The number of rotatable bonds is 3. The van der Waals surface area contributed by atoms with Crippen LogP contribution in [0.4, 0.5) is 0 Å². The van der Waals surface area contributed by atoms with Crippen LogP contribution >= 0.6 is 11.3 Å². The summed E-state index contributed by atoms with van der Waals surface area (Å²) in [5.74, 6) is 0.0271. The Bertz CT molecular complexity index is 603. The molecule has 1 heterocycles. The zero-order valence-electron chi connectivity index (χ0n) is 11.7. The zero-order chi connectivity index (χ0) is 13.9. The van der Waals surface area contributed by atoms with Crippen LogP contribution in [0.25, 0.3) is 0 Å². The highest BCUT2D eigenvalue weighted by molar-refractivity contribution is 7.10. The Kier molecular flexibility index (Phi) is 3.88. The monoisotopic (exact) mass is 285 g/mol. The average Bonchev–Trinajstić information content (AvgIpc) is 3.01. The van der Waals surface area contributed by atoms with Crippen molar-refractivity contribution < 1.29 is 4.79 Å². The minimum absolute atomic E-state index is 0.0271. The third kappa shape index (κ3) is 2.78. The van der Waals surface area contributed by atoms with Gasteiger partial charge in [0.25, 0.3) is 5.91 Å². The zero-order valence-corrected chi connectivity index (χ0v) is 12.5. The van der Waals surface area contributed by atoms with Gasteiger partial charge in [0, 0.05) is 10.4 Å². The molecular formula is C17H19NOS. The summed E-state index contributed by atoms with van der Waals surface area (Å²) < 4.78 is 0. The highest BCUT2D eigenvalue weighted by Crippen LogP contribution is 2.23. The van der Waals surface area contributed by atoms with Gasteiger partial charge in [-0.2, -0.15) is 0 Å². The van der Waals surface area contributed by atoms with E-state index in [-0.39, 0.29) is 11.9 Å². The molecule has 0 aliphatic heterocycles. The first-order chi connectivity index (χ1) is 9.74. The van der Waals surface area contributed by atoms with Crippen LogP contribution in [0.2, 0.25) is 0 Å². The Morgan fingerprint density at radius 3 is 2.75 bits per heavy atom. The second kappa shape index (κ2) is 5.80. The van der Waals surface area contributed by atoms with Gasteiger partial charge in [0.15, 0.2) is 0 Å². The molecule has 2 nitrogen and oxygen atoms in total. The van der Waals surface area contributed by atoms with Crippen LogP contribution in [0.3, 0.4) is 0 Å². The molecule has 3 heteroatoms. The molecular weight excluding hydrogens is 266 g/mol. The molecule has 0 radical (unpaired) electrons. The van der Waals surface area contributed by atoms with Crippen molar-refractivity contribution in [1.82, 2.24) is 5.32 Å². The summed E-state index contributed by atoms with van der Waals surface area (Å²) in [6, 6.07) is 10.3. The molecule has 0 unspecified atom stereocenters. The van der Waals surface area contributed by atoms with Crippen LogP contribution in [-0.4, -0.2) is 5.91 Å². The minimum atomic E-state index is 0.0271. The SMILES string of the molecule is C[C@@H](NC(=O)c1ccc2c(c1)CCCC2)c1cccs1. The smallest absolute Gasteiger partial charge is 0.251 e. The Balaban J connectivity index is 1.74. The summed E-state index contributed by atoms with van der Waals surface area (Å²) in [5.41, 5.74) is 3.56. The van der Waals surface area contributed by atoms with Gasteiger partial charge in [-0.1, -0.05) is 12.1 Å². The van der Waals surface area contributed by atoms with Gasteiger partial charge in [0.2, 0.25) is 0 Å². The minimum Gasteiger partial charge on any atom is -0.345 e. The Hall–Kier alpha value is -1.61. The Morgan fingerprint density at radius 1 is 1.20 bits per heavy atom. The molecule has 1 amide bonds. The molecule has 0 bridgehead atoms. The fourth-order valence-electron chi connectivity index (χ4n) is 2.76. The maximum Gasteiger partial charge on any atom is 0.251 e. The van der Waals surface area contributed by atoms with Crippen molar-refractivity contribution >= 4 is 17.2 Å². The second-order valence-corrected chi connectivity index (χ2v) is 6.38. The number of carbonyl (C=O) groups excluding carboxylic acids is 1. The Labute approximate surface area is 123 Å². The lowest BCUT2D eigenvalue weighted by atomic mass is 9.90. The van der Waals surface area contributed by atoms with Gasteiger partial charge in [-0.25, -0.2) is 0 Å². The van der Waals surface area contributed by atoms with Crippen molar-refractivity contribution in [2.24, 2.45) is 0 Å². The van der Waals surface area contributed by atoms with Crippen molar-refractivity contribution in [3.8, 4) is 0 Å². The lowest BCUT2D eigenvalue weighted by Crippen LogP contribution is -2.26. The normalized spacial score (nSPS) is 15.4. The molecule has 1 aliphatic carbocycles. The summed E-state index contributed by atoms with van der Waals surface area (Å²) in [6.07, 6.45) is 4.78. The largest absolute Gasteiger partial charge is 0.345 e. The summed E-state index contributed by atoms with van der Waals surface area (Å²) in [4.78, 5) is 13.5. The predicted octanol–water partition coefficient (Wildman–Crippen LogP) is 4.12. The molecule has 0 saturated carbocycles. The molecule has 1 atom stereocenters. The maximum absolute atomic E-state index is 12.3. The number of carbonyl (C=O) groups is 1. The van der Waals surface area contributed by atoms with Crippen LogP contribution in [-0.2, 0) is 12.8 Å². The lowest BCUT2D eigenvalue weighted by molar-refractivity contribution is 0.0940. The standard InChI is InChI=1S/C17H19NOS/c1-12(16-7-4-10-20-16)18-17(19)15-9-8-13-5-2-3-6-14(13)11-15/h4,7-12H,2-3,5-6H2,1H3,(H,18,19)/t12-/m1/s1. The van der Waals surface area contributed by atoms with Gasteiger partial charge in [-0.15, -0.1) is 11.3 Å². The summed E-state index contributed by atoms with van der Waals surface area (Å²) in [5, 5.41) is 5.12. The second-order valence-electron chi connectivity index (χ2n) is 5.40. The topological polar surface area (TPSA) is 29.1 Å². The predicted molar refractivity (Wildman–Crippen MR) is 83.3 cm³/mol. The quantitative estimate of drug-likeness (QED) is 0.903. The van der Waals surface area contributed by atoms with Gasteiger partial charge in [-0.3, -0.25) is 4.79 Å². The number of hydrogen-bond donors (Lipinski definition) is 1. The summed E-state index contributed by atoms with van der Waals surface area (Å²) in [7, 11) is 0. The van der Waals surface area contributed by atoms with Crippen LogP contribution in [0.1, 0.15) is 52.2 Å². The van der Waals surface area contributed by atoms with Crippen molar-refractivity contribution in [1.29, 1.82) is 0 Å². The van der Waals surface area contributed by atoms with Gasteiger partial charge in [0.1, 0.15) is 0 Å². The lowest BCUT2D eigenvalue weighted by Gasteiger charge is -2.17. The maximum atomic E-state index is 12.3.